The summed E-state index contributed by atoms with van der Waals surface area (Å²) in [4.78, 5) is 11.2. The Balaban J connectivity index is 2.28. The molecular weight excluding hydrogens is 264 g/mol. The van der Waals surface area contributed by atoms with Crippen LogP contribution >= 0.6 is 11.6 Å². The molecule has 0 saturated heterocycles. The zero-order valence-electron chi connectivity index (χ0n) is 11.4. The zero-order chi connectivity index (χ0) is 14.2. The molecule has 1 aliphatic rings. The largest absolute Gasteiger partial charge is 0.478 e. The van der Waals surface area contributed by atoms with Crippen LogP contribution in [0.5, 0.6) is 5.75 Å². The van der Waals surface area contributed by atoms with Crippen LogP contribution in [0.3, 0.4) is 0 Å². The second kappa shape index (κ2) is 5.41. The number of carboxylic acid groups (broad SMARTS) is 1. The Labute approximate surface area is 118 Å². The molecule has 1 aromatic carbocycles. The van der Waals surface area contributed by atoms with Crippen molar-refractivity contribution >= 4 is 17.6 Å². The standard InChI is InChI=1S/C15H19ClO3/c1-8(2)11-7-13(9(3)6-12(11)16)19-14(15(17)18)10-4-5-10/h6-8,10,14H,4-5H2,1-3H3,(H,17,18). The number of carbonyl (C=O) groups is 1. The Morgan fingerprint density at radius 3 is 2.53 bits per heavy atom. The van der Waals surface area contributed by atoms with Crippen molar-refractivity contribution in [2.75, 3.05) is 0 Å². The minimum absolute atomic E-state index is 0.148. The van der Waals surface area contributed by atoms with Crippen LogP contribution in [0.2, 0.25) is 5.02 Å². The molecule has 1 fully saturated rings. The van der Waals surface area contributed by atoms with Crippen LogP contribution in [0.1, 0.15) is 43.7 Å². The summed E-state index contributed by atoms with van der Waals surface area (Å²) in [6.45, 7) is 5.99. The first kappa shape index (κ1) is 14.2. The van der Waals surface area contributed by atoms with E-state index < -0.39 is 12.1 Å². The Morgan fingerprint density at radius 1 is 1.42 bits per heavy atom. The monoisotopic (exact) mass is 282 g/mol. The highest BCUT2D eigenvalue weighted by Gasteiger charge is 2.38. The lowest BCUT2D eigenvalue weighted by molar-refractivity contribution is -0.146. The maximum atomic E-state index is 11.2. The number of hydrogen-bond acceptors (Lipinski definition) is 2. The van der Waals surface area contributed by atoms with Gasteiger partial charge in [-0.2, -0.15) is 0 Å². The highest BCUT2D eigenvalue weighted by molar-refractivity contribution is 6.31. The van der Waals surface area contributed by atoms with Crippen LogP contribution in [0.25, 0.3) is 0 Å². The van der Waals surface area contributed by atoms with Crippen molar-refractivity contribution in [3.8, 4) is 5.75 Å². The van der Waals surface area contributed by atoms with Gasteiger partial charge in [0.2, 0.25) is 0 Å². The molecular formula is C15H19ClO3. The van der Waals surface area contributed by atoms with Gasteiger partial charge in [0.15, 0.2) is 6.10 Å². The smallest absolute Gasteiger partial charge is 0.345 e. The summed E-state index contributed by atoms with van der Waals surface area (Å²) in [5.74, 6) is 0.171. The lowest BCUT2D eigenvalue weighted by atomic mass is 10.0. The van der Waals surface area contributed by atoms with Gasteiger partial charge in [-0.1, -0.05) is 25.4 Å². The van der Waals surface area contributed by atoms with Crippen LogP contribution in [-0.2, 0) is 4.79 Å². The molecule has 1 N–H and O–H groups in total. The summed E-state index contributed by atoms with van der Waals surface area (Å²) in [5.41, 5.74) is 1.86. The molecule has 1 aromatic rings. The average Bonchev–Trinajstić information content (AvgIpc) is 3.10. The van der Waals surface area contributed by atoms with Gasteiger partial charge in [-0.25, -0.2) is 4.79 Å². The van der Waals surface area contributed by atoms with Gasteiger partial charge in [-0.3, -0.25) is 0 Å². The van der Waals surface area contributed by atoms with Crippen LogP contribution in [-0.4, -0.2) is 17.2 Å². The second-order valence-electron chi connectivity index (χ2n) is 5.51. The Bertz CT molecular complexity index is 492. The summed E-state index contributed by atoms with van der Waals surface area (Å²) in [6, 6.07) is 3.72. The lowest BCUT2D eigenvalue weighted by Crippen LogP contribution is -2.29. The second-order valence-corrected chi connectivity index (χ2v) is 5.92. The van der Waals surface area contributed by atoms with E-state index in [0.717, 1.165) is 24.0 Å². The van der Waals surface area contributed by atoms with Crippen LogP contribution in [0.15, 0.2) is 12.1 Å². The predicted molar refractivity (Wildman–Crippen MR) is 75.1 cm³/mol. The number of hydrogen-bond donors (Lipinski definition) is 1. The van der Waals surface area contributed by atoms with Crippen LogP contribution in [0, 0.1) is 12.8 Å². The molecule has 0 heterocycles. The number of carboxylic acids is 1. The van der Waals surface area contributed by atoms with E-state index in [1.165, 1.54) is 0 Å². The average molecular weight is 283 g/mol. The first-order chi connectivity index (χ1) is 8.90. The van der Waals surface area contributed by atoms with E-state index in [4.69, 9.17) is 16.3 Å². The van der Waals surface area contributed by atoms with Crippen molar-refractivity contribution in [3.63, 3.8) is 0 Å². The Morgan fingerprint density at radius 2 is 2.05 bits per heavy atom. The molecule has 0 radical (unpaired) electrons. The van der Waals surface area contributed by atoms with E-state index >= 15 is 0 Å². The number of aryl methyl sites for hydroxylation is 1. The fraction of sp³-hybridized carbons (Fsp3) is 0.533. The van der Waals surface area contributed by atoms with Gasteiger partial charge < -0.3 is 9.84 Å². The maximum Gasteiger partial charge on any atom is 0.345 e. The molecule has 1 atom stereocenters. The van der Waals surface area contributed by atoms with Crippen molar-refractivity contribution in [2.24, 2.45) is 5.92 Å². The van der Waals surface area contributed by atoms with E-state index in [0.29, 0.717) is 10.8 Å². The molecule has 0 spiro atoms. The van der Waals surface area contributed by atoms with E-state index in [-0.39, 0.29) is 11.8 Å². The summed E-state index contributed by atoms with van der Waals surface area (Å²) < 4.78 is 5.72. The van der Waals surface area contributed by atoms with E-state index in [2.05, 4.69) is 13.8 Å². The molecule has 3 nitrogen and oxygen atoms in total. The Hall–Kier alpha value is -1.22. The third-order valence-corrected chi connectivity index (χ3v) is 3.79. The molecule has 4 heteroatoms. The quantitative estimate of drug-likeness (QED) is 0.887. The summed E-state index contributed by atoms with van der Waals surface area (Å²) in [5, 5.41) is 9.92. The van der Waals surface area contributed by atoms with Crippen LogP contribution < -0.4 is 4.74 Å². The van der Waals surface area contributed by atoms with E-state index in [1.54, 1.807) is 0 Å². The summed E-state index contributed by atoms with van der Waals surface area (Å²) in [7, 11) is 0. The molecule has 19 heavy (non-hydrogen) atoms. The van der Waals surface area contributed by atoms with Gasteiger partial charge in [0.25, 0.3) is 0 Å². The van der Waals surface area contributed by atoms with Crippen LogP contribution in [0.4, 0.5) is 0 Å². The fourth-order valence-electron chi connectivity index (χ4n) is 2.12. The van der Waals surface area contributed by atoms with E-state index in [9.17, 15) is 9.90 Å². The first-order valence-electron chi connectivity index (χ1n) is 6.59. The molecule has 0 amide bonds. The third kappa shape index (κ3) is 3.21. The molecule has 104 valence electrons. The van der Waals surface area contributed by atoms with Crippen molar-refractivity contribution in [1.82, 2.24) is 0 Å². The van der Waals surface area contributed by atoms with Crippen molar-refractivity contribution < 1.29 is 14.6 Å². The summed E-state index contributed by atoms with van der Waals surface area (Å²) >= 11 is 6.20. The molecule has 1 saturated carbocycles. The minimum Gasteiger partial charge on any atom is -0.478 e. The van der Waals surface area contributed by atoms with E-state index in [1.807, 2.05) is 19.1 Å². The van der Waals surface area contributed by atoms with Crippen molar-refractivity contribution in [3.05, 3.63) is 28.3 Å². The number of rotatable bonds is 5. The lowest BCUT2D eigenvalue weighted by Gasteiger charge is -2.18. The maximum absolute atomic E-state index is 11.2. The van der Waals surface area contributed by atoms with Crippen molar-refractivity contribution in [1.29, 1.82) is 0 Å². The minimum atomic E-state index is -0.886. The third-order valence-electron chi connectivity index (χ3n) is 3.46. The molecule has 1 aliphatic carbocycles. The number of benzene rings is 1. The fourth-order valence-corrected chi connectivity index (χ4v) is 2.56. The number of ether oxygens (including phenoxy) is 1. The van der Waals surface area contributed by atoms with Gasteiger partial charge in [-0.05, 0) is 48.9 Å². The van der Waals surface area contributed by atoms with Gasteiger partial charge in [0.05, 0.1) is 0 Å². The highest BCUT2D eigenvalue weighted by atomic mass is 35.5. The molecule has 2 rings (SSSR count). The van der Waals surface area contributed by atoms with Gasteiger partial charge >= 0.3 is 5.97 Å². The SMILES string of the molecule is Cc1cc(Cl)c(C(C)C)cc1OC(C(=O)O)C1CC1. The zero-order valence-corrected chi connectivity index (χ0v) is 12.2. The number of halogens is 1. The van der Waals surface area contributed by atoms with Gasteiger partial charge in [0, 0.05) is 10.9 Å². The van der Waals surface area contributed by atoms with Gasteiger partial charge in [-0.15, -0.1) is 0 Å². The first-order valence-corrected chi connectivity index (χ1v) is 6.97. The highest BCUT2D eigenvalue weighted by Crippen LogP contribution is 2.37. The van der Waals surface area contributed by atoms with Crippen molar-refractivity contribution in [2.45, 2.75) is 45.6 Å². The molecule has 1 unspecified atom stereocenters. The Kier molecular flexibility index (Phi) is 4.04. The molecule has 0 aliphatic heterocycles. The predicted octanol–water partition coefficient (Wildman–Crippen LogP) is 4.01. The number of aliphatic carboxylic acids is 1. The molecule has 0 aromatic heterocycles. The summed E-state index contributed by atoms with van der Waals surface area (Å²) in [6.07, 6.45) is 1.13. The van der Waals surface area contributed by atoms with Gasteiger partial charge in [0.1, 0.15) is 5.75 Å². The topological polar surface area (TPSA) is 46.5 Å². The molecule has 0 bridgehead atoms. The normalized spacial score (nSPS) is 16.5.